The number of unbranched alkanes of at least 4 members (excludes halogenated alkanes) is 1. The summed E-state index contributed by atoms with van der Waals surface area (Å²) in [6.07, 6.45) is 9.18. The molecule has 1 saturated carbocycles. The van der Waals surface area contributed by atoms with Crippen LogP contribution in [0.4, 0.5) is 0 Å². The Morgan fingerprint density at radius 2 is 2.00 bits per heavy atom. The quantitative estimate of drug-likeness (QED) is 0.401. The summed E-state index contributed by atoms with van der Waals surface area (Å²) in [6, 6.07) is 0. The van der Waals surface area contributed by atoms with Crippen LogP contribution in [0.5, 0.6) is 0 Å². The van der Waals surface area contributed by atoms with Crippen LogP contribution in [-0.2, 0) is 4.74 Å². The van der Waals surface area contributed by atoms with Crippen molar-refractivity contribution in [3.63, 3.8) is 0 Å². The van der Waals surface area contributed by atoms with Gasteiger partial charge in [-0.1, -0.05) is 26.2 Å². The summed E-state index contributed by atoms with van der Waals surface area (Å²) in [6.45, 7) is 8.04. The van der Waals surface area contributed by atoms with Gasteiger partial charge in [-0.15, -0.1) is 0 Å². The van der Waals surface area contributed by atoms with Crippen molar-refractivity contribution in [2.75, 3.05) is 33.3 Å². The van der Waals surface area contributed by atoms with Gasteiger partial charge in [0.25, 0.3) is 0 Å². The molecule has 4 nitrogen and oxygen atoms in total. The number of nitrogens with one attached hydrogen (secondary N) is 1. The maximum atomic E-state index is 5.87. The smallest absolute Gasteiger partial charge is 0.193 e. The van der Waals surface area contributed by atoms with E-state index >= 15 is 0 Å². The molecule has 20 heavy (non-hydrogen) atoms. The van der Waals surface area contributed by atoms with Gasteiger partial charge in [-0.25, -0.2) is 0 Å². The van der Waals surface area contributed by atoms with Crippen LogP contribution >= 0.6 is 0 Å². The first-order valence-electron chi connectivity index (χ1n) is 8.39. The van der Waals surface area contributed by atoms with E-state index in [1.165, 1.54) is 38.5 Å². The van der Waals surface area contributed by atoms with Gasteiger partial charge in [0.15, 0.2) is 5.96 Å². The maximum absolute atomic E-state index is 5.87. The zero-order chi connectivity index (χ0) is 14.6. The molecule has 0 amide bonds. The molecule has 0 bridgehead atoms. The number of rotatable bonds is 9. The highest BCUT2D eigenvalue weighted by Gasteiger charge is 2.14. The Bertz CT molecular complexity index is 262. The molecule has 0 aromatic carbocycles. The van der Waals surface area contributed by atoms with E-state index in [2.05, 4.69) is 36.1 Å². The van der Waals surface area contributed by atoms with Crippen molar-refractivity contribution in [1.82, 2.24) is 10.2 Å². The van der Waals surface area contributed by atoms with Crippen LogP contribution < -0.4 is 5.32 Å². The van der Waals surface area contributed by atoms with Crippen molar-refractivity contribution >= 4 is 5.96 Å². The van der Waals surface area contributed by atoms with E-state index in [1.54, 1.807) is 0 Å². The molecular weight excluding hydrogens is 250 g/mol. The number of hydrogen-bond acceptors (Lipinski definition) is 2. The van der Waals surface area contributed by atoms with Gasteiger partial charge in [0.1, 0.15) is 0 Å². The largest absolute Gasteiger partial charge is 0.378 e. The van der Waals surface area contributed by atoms with Gasteiger partial charge in [0.2, 0.25) is 0 Å². The Morgan fingerprint density at radius 3 is 2.65 bits per heavy atom. The van der Waals surface area contributed by atoms with Gasteiger partial charge < -0.3 is 15.0 Å². The maximum Gasteiger partial charge on any atom is 0.193 e. The first kappa shape index (κ1) is 17.3. The Balaban J connectivity index is 2.19. The van der Waals surface area contributed by atoms with Crippen LogP contribution in [0, 0.1) is 0 Å². The number of ether oxygens (including phenoxy) is 1. The fraction of sp³-hybridized carbons (Fsp3) is 0.938. The average Bonchev–Trinajstić information content (AvgIpc) is 2.96. The van der Waals surface area contributed by atoms with E-state index in [9.17, 15) is 0 Å². The van der Waals surface area contributed by atoms with Crippen LogP contribution in [0.25, 0.3) is 0 Å². The van der Waals surface area contributed by atoms with Gasteiger partial charge in [-0.2, -0.15) is 0 Å². The summed E-state index contributed by atoms with van der Waals surface area (Å²) in [4.78, 5) is 6.91. The zero-order valence-corrected chi connectivity index (χ0v) is 13.7. The summed E-state index contributed by atoms with van der Waals surface area (Å²) in [5.74, 6) is 1.03. The highest BCUT2D eigenvalue weighted by Crippen LogP contribution is 2.20. The van der Waals surface area contributed by atoms with Crippen molar-refractivity contribution in [1.29, 1.82) is 0 Å². The third kappa shape index (κ3) is 7.13. The number of nitrogens with zero attached hydrogens (tertiary/aromatic N) is 2. The van der Waals surface area contributed by atoms with E-state index in [0.717, 1.165) is 38.6 Å². The third-order valence-corrected chi connectivity index (χ3v) is 3.76. The lowest BCUT2D eigenvalue weighted by molar-refractivity contribution is 0.0579. The van der Waals surface area contributed by atoms with Crippen LogP contribution in [0.1, 0.15) is 58.8 Å². The molecular formula is C16H33N3O. The predicted molar refractivity (Wildman–Crippen MR) is 86.3 cm³/mol. The monoisotopic (exact) mass is 283 g/mol. The fourth-order valence-corrected chi connectivity index (χ4v) is 2.53. The lowest BCUT2D eigenvalue weighted by Gasteiger charge is -2.21. The van der Waals surface area contributed by atoms with Crippen LogP contribution in [0.2, 0.25) is 0 Å². The molecule has 1 aliphatic rings. The summed E-state index contributed by atoms with van der Waals surface area (Å²) in [7, 11) is 2.12. The van der Waals surface area contributed by atoms with E-state index in [1.807, 2.05) is 0 Å². The van der Waals surface area contributed by atoms with Crippen molar-refractivity contribution in [3.05, 3.63) is 0 Å². The molecule has 118 valence electrons. The van der Waals surface area contributed by atoms with E-state index in [4.69, 9.17) is 4.74 Å². The van der Waals surface area contributed by atoms with Gasteiger partial charge in [0.05, 0.1) is 6.10 Å². The molecule has 0 heterocycles. The molecule has 0 spiro atoms. The Kier molecular flexibility index (Phi) is 9.46. The summed E-state index contributed by atoms with van der Waals surface area (Å²) in [5, 5.41) is 3.36. The van der Waals surface area contributed by atoms with Gasteiger partial charge in [-0.05, 0) is 32.6 Å². The number of guanidine groups is 1. The Morgan fingerprint density at radius 1 is 1.25 bits per heavy atom. The number of aliphatic imine (C=N–C) groups is 1. The lowest BCUT2D eigenvalue weighted by atomic mass is 10.3. The van der Waals surface area contributed by atoms with E-state index in [0.29, 0.717) is 6.10 Å². The molecule has 0 atom stereocenters. The summed E-state index contributed by atoms with van der Waals surface area (Å²) < 4.78 is 5.87. The molecule has 0 aromatic rings. The minimum atomic E-state index is 0.527. The van der Waals surface area contributed by atoms with Crippen LogP contribution in [-0.4, -0.2) is 50.3 Å². The van der Waals surface area contributed by atoms with Crippen LogP contribution in [0.3, 0.4) is 0 Å². The first-order chi connectivity index (χ1) is 9.77. The molecule has 0 aromatic heterocycles. The predicted octanol–water partition coefficient (Wildman–Crippen LogP) is 3.03. The SMILES string of the molecule is CCCCN(C)C(=NCCCOC1CCCC1)NCC. The highest BCUT2D eigenvalue weighted by atomic mass is 16.5. The average molecular weight is 283 g/mol. The van der Waals surface area contributed by atoms with Crippen molar-refractivity contribution < 1.29 is 4.74 Å². The summed E-state index contributed by atoms with van der Waals surface area (Å²) in [5.41, 5.74) is 0. The first-order valence-corrected chi connectivity index (χ1v) is 8.39. The molecule has 1 N–H and O–H groups in total. The zero-order valence-electron chi connectivity index (χ0n) is 13.7. The second-order valence-electron chi connectivity index (χ2n) is 5.64. The fourth-order valence-electron chi connectivity index (χ4n) is 2.53. The molecule has 0 aliphatic heterocycles. The topological polar surface area (TPSA) is 36.9 Å². The molecule has 1 fully saturated rings. The van der Waals surface area contributed by atoms with Crippen molar-refractivity contribution in [3.8, 4) is 0 Å². The Labute approximate surface area is 125 Å². The molecule has 0 unspecified atom stereocenters. The van der Waals surface area contributed by atoms with E-state index < -0.39 is 0 Å². The molecule has 1 aliphatic carbocycles. The molecule has 4 heteroatoms. The Hall–Kier alpha value is -0.770. The molecule has 0 saturated heterocycles. The molecule has 1 rings (SSSR count). The second kappa shape index (κ2) is 11.0. The van der Waals surface area contributed by atoms with Crippen molar-refractivity contribution in [2.24, 2.45) is 4.99 Å². The molecule has 0 radical (unpaired) electrons. The minimum Gasteiger partial charge on any atom is -0.378 e. The van der Waals surface area contributed by atoms with Gasteiger partial charge in [0, 0.05) is 33.3 Å². The van der Waals surface area contributed by atoms with E-state index in [-0.39, 0.29) is 0 Å². The normalized spacial score (nSPS) is 16.6. The summed E-state index contributed by atoms with van der Waals surface area (Å²) >= 11 is 0. The number of hydrogen-bond donors (Lipinski definition) is 1. The van der Waals surface area contributed by atoms with Gasteiger partial charge >= 0.3 is 0 Å². The van der Waals surface area contributed by atoms with Crippen LogP contribution in [0.15, 0.2) is 4.99 Å². The lowest BCUT2D eigenvalue weighted by Crippen LogP contribution is -2.39. The standard InChI is InChI=1S/C16H33N3O/c1-4-6-13-19(3)16(17-5-2)18-12-9-14-20-15-10-7-8-11-15/h15H,4-14H2,1-3H3,(H,17,18). The van der Waals surface area contributed by atoms with Gasteiger partial charge in [-0.3, -0.25) is 4.99 Å². The third-order valence-electron chi connectivity index (χ3n) is 3.76. The van der Waals surface area contributed by atoms with Crippen molar-refractivity contribution in [2.45, 2.75) is 64.9 Å². The minimum absolute atomic E-state index is 0.527. The second-order valence-corrected chi connectivity index (χ2v) is 5.64. The highest BCUT2D eigenvalue weighted by molar-refractivity contribution is 5.79.